The average Bonchev–Trinajstić information content (AvgIpc) is 3.39. The Morgan fingerprint density at radius 3 is 2.47 bits per heavy atom. The molecule has 2 aromatic carbocycles. The topological polar surface area (TPSA) is 120 Å². The molecule has 0 bridgehead atoms. The Bertz CT molecular complexity index is 1850. The number of nitrogens with two attached hydrogens (primary N) is 1. The van der Waals surface area contributed by atoms with Crippen LogP contribution < -0.4 is 15.4 Å². The Balaban J connectivity index is 1.52. The lowest BCUT2D eigenvalue weighted by atomic mass is 9.92. The molecule has 1 saturated heterocycles. The number of carbonyl (C=O) groups is 1. The first kappa shape index (κ1) is 28.5. The molecule has 0 unspecified atom stereocenters. The maximum absolute atomic E-state index is 16.9. The Kier molecular flexibility index (Phi) is 7.20. The van der Waals surface area contributed by atoms with Crippen molar-refractivity contribution in [3.8, 4) is 28.3 Å². The molecule has 3 aromatic heterocycles. The van der Waals surface area contributed by atoms with Crippen molar-refractivity contribution in [3.05, 3.63) is 54.4 Å². The number of nitrogen functional groups attached to an aromatic ring is 1. The minimum absolute atomic E-state index is 0.0156. The molecule has 1 aliphatic rings. The van der Waals surface area contributed by atoms with Gasteiger partial charge in [-0.25, -0.2) is 18.6 Å². The fourth-order valence-corrected chi connectivity index (χ4v) is 5.92. The Morgan fingerprint density at radius 2 is 1.79 bits per heavy atom. The van der Waals surface area contributed by atoms with Crippen molar-refractivity contribution in [2.24, 2.45) is 0 Å². The molecule has 43 heavy (non-hydrogen) atoms. The predicted octanol–water partition coefficient (Wildman–Crippen LogP) is 5.89. The highest BCUT2D eigenvalue weighted by Crippen LogP contribution is 2.44. The van der Waals surface area contributed by atoms with Crippen LogP contribution in [0.4, 0.5) is 24.5 Å². The third kappa shape index (κ3) is 5.36. The maximum atomic E-state index is 16.9. The normalized spacial score (nSPS) is 14.0. The summed E-state index contributed by atoms with van der Waals surface area (Å²) in [6.07, 6.45) is 2.87. The smallest absolute Gasteiger partial charge is 0.410 e. The standard InChI is InChI=1S/C30H29F2N7O3S/c1-30(2,3)42-29(40)39-12-10-38(11-13-39)26-19-14-18(16-6-5-9-34-15-16)21(22(32)23(19)36-28(37-26)41-4)17-7-8-20(31)25-24(17)35-27(33)43-25/h5-9,14-15H,10-13H2,1-4H3,(H2,33,35). The summed E-state index contributed by atoms with van der Waals surface area (Å²) in [5.74, 6) is -0.678. The number of pyridine rings is 1. The van der Waals surface area contributed by atoms with Gasteiger partial charge in [-0.1, -0.05) is 17.4 Å². The number of carbonyl (C=O) groups excluding carboxylic acids is 1. The molecule has 4 heterocycles. The highest BCUT2D eigenvalue weighted by Gasteiger charge is 2.30. The first-order valence-electron chi connectivity index (χ1n) is 13.6. The SMILES string of the molecule is COc1nc(N2CCN(C(=O)OC(C)(C)C)CC2)c2cc(-c3cccnc3)c(-c3ccc(F)c4sc(N)nc34)c(F)c2n1. The molecule has 1 amide bonds. The second-order valence-corrected chi connectivity index (χ2v) is 12.1. The van der Waals surface area contributed by atoms with E-state index in [-0.39, 0.29) is 38.5 Å². The molecule has 0 spiro atoms. The van der Waals surface area contributed by atoms with Crippen molar-refractivity contribution in [1.29, 1.82) is 0 Å². The van der Waals surface area contributed by atoms with Gasteiger partial charge >= 0.3 is 12.1 Å². The minimum Gasteiger partial charge on any atom is -0.467 e. The van der Waals surface area contributed by atoms with Crippen molar-refractivity contribution in [2.75, 3.05) is 43.9 Å². The maximum Gasteiger partial charge on any atom is 0.410 e. The van der Waals surface area contributed by atoms with Gasteiger partial charge in [0.15, 0.2) is 10.9 Å². The molecule has 0 aliphatic carbocycles. The average molecular weight is 606 g/mol. The monoisotopic (exact) mass is 605 g/mol. The van der Waals surface area contributed by atoms with Crippen LogP contribution in [0.1, 0.15) is 20.8 Å². The molecule has 1 fully saturated rings. The van der Waals surface area contributed by atoms with Gasteiger partial charge in [0.1, 0.15) is 22.8 Å². The van der Waals surface area contributed by atoms with Gasteiger partial charge < -0.3 is 25.0 Å². The van der Waals surface area contributed by atoms with Crippen LogP contribution in [0.2, 0.25) is 0 Å². The lowest BCUT2D eigenvalue weighted by Crippen LogP contribution is -2.50. The van der Waals surface area contributed by atoms with Crippen molar-refractivity contribution < 1.29 is 23.0 Å². The summed E-state index contributed by atoms with van der Waals surface area (Å²) in [5.41, 5.74) is 7.30. The van der Waals surface area contributed by atoms with Crippen molar-refractivity contribution in [2.45, 2.75) is 26.4 Å². The van der Waals surface area contributed by atoms with Gasteiger partial charge in [-0.3, -0.25) is 4.98 Å². The van der Waals surface area contributed by atoms with E-state index in [1.54, 1.807) is 23.4 Å². The molecule has 0 atom stereocenters. The molecule has 13 heteroatoms. The van der Waals surface area contributed by atoms with Crippen LogP contribution in [0.15, 0.2) is 42.7 Å². The number of piperazine rings is 1. The van der Waals surface area contributed by atoms with Crippen molar-refractivity contribution >= 4 is 49.5 Å². The molecule has 0 radical (unpaired) electrons. The summed E-state index contributed by atoms with van der Waals surface area (Å²) in [6.45, 7) is 7.10. The molecule has 5 aromatic rings. The number of aromatic nitrogens is 4. The number of rotatable bonds is 4. The van der Waals surface area contributed by atoms with Crippen molar-refractivity contribution in [1.82, 2.24) is 24.8 Å². The highest BCUT2D eigenvalue weighted by molar-refractivity contribution is 7.22. The quantitative estimate of drug-likeness (QED) is 0.267. The molecule has 0 saturated carbocycles. The number of amides is 1. The van der Waals surface area contributed by atoms with Gasteiger partial charge in [-0.05, 0) is 50.6 Å². The van der Waals surface area contributed by atoms with Crippen LogP contribution >= 0.6 is 11.3 Å². The van der Waals surface area contributed by atoms with E-state index in [9.17, 15) is 9.18 Å². The number of fused-ring (bicyclic) bond motifs is 2. The Hall–Kier alpha value is -4.65. The lowest BCUT2D eigenvalue weighted by Gasteiger charge is -2.36. The van der Waals surface area contributed by atoms with E-state index in [4.69, 9.17) is 15.2 Å². The van der Waals surface area contributed by atoms with Crippen LogP contribution in [0.3, 0.4) is 0 Å². The van der Waals surface area contributed by atoms with Crippen molar-refractivity contribution in [3.63, 3.8) is 0 Å². The summed E-state index contributed by atoms with van der Waals surface area (Å²) in [7, 11) is 1.41. The van der Waals surface area contributed by atoms with E-state index in [0.717, 1.165) is 11.3 Å². The number of nitrogens with zero attached hydrogens (tertiary/aromatic N) is 6. The number of hydrogen-bond acceptors (Lipinski definition) is 10. The highest BCUT2D eigenvalue weighted by atomic mass is 32.1. The summed E-state index contributed by atoms with van der Waals surface area (Å²) in [6, 6.07) is 8.14. The van der Waals surface area contributed by atoms with Gasteiger partial charge in [0.05, 0.1) is 17.3 Å². The predicted molar refractivity (Wildman–Crippen MR) is 162 cm³/mol. The number of methoxy groups -OCH3 is 1. The van der Waals surface area contributed by atoms with E-state index in [1.807, 2.05) is 37.8 Å². The van der Waals surface area contributed by atoms with E-state index in [1.165, 1.54) is 19.2 Å². The van der Waals surface area contributed by atoms with Crippen LogP contribution in [-0.2, 0) is 4.74 Å². The number of halogens is 2. The van der Waals surface area contributed by atoms with Gasteiger partial charge in [-0.2, -0.15) is 9.97 Å². The zero-order valence-electron chi connectivity index (χ0n) is 24.0. The molecular weight excluding hydrogens is 576 g/mol. The number of thiazole rings is 1. The first-order chi connectivity index (χ1) is 20.5. The first-order valence-corrected chi connectivity index (χ1v) is 14.4. The minimum atomic E-state index is -0.648. The Morgan fingerprint density at radius 1 is 1.02 bits per heavy atom. The second-order valence-electron chi connectivity index (χ2n) is 11.1. The molecular formula is C30H29F2N7O3S. The summed E-state index contributed by atoms with van der Waals surface area (Å²) in [5, 5.41) is 0.616. The van der Waals surface area contributed by atoms with Gasteiger partial charge in [0.25, 0.3) is 0 Å². The number of hydrogen-bond donors (Lipinski definition) is 1. The fourth-order valence-electron chi connectivity index (χ4n) is 5.16. The van der Waals surface area contributed by atoms with Gasteiger partial charge in [0, 0.05) is 60.6 Å². The van der Waals surface area contributed by atoms with Gasteiger partial charge in [0.2, 0.25) is 0 Å². The van der Waals surface area contributed by atoms with Crippen LogP contribution in [-0.4, -0.2) is 69.8 Å². The van der Waals surface area contributed by atoms with Crippen LogP contribution in [0, 0.1) is 11.6 Å². The Labute approximate surface area is 250 Å². The molecule has 6 rings (SSSR count). The van der Waals surface area contributed by atoms with Crippen LogP contribution in [0.5, 0.6) is 6.01 Å². The van der Waals surface area contributed by atoms with E-state index >= 15 is 4.39 Å². The van der Waals surface area contributed by atoms with Crippen LogP contribution in [0.25, 0.3) is 43.4 Å². The zero-order valence-corrected chi connectivity index (χ0v) is 24.8. The third-order valence-electron chi connectivity index (χ3n) is 7.06. The van der Waals surface area contributed by atoms with E-state index in [0.29, 0.717) is 54.1 Å². The summed E-state index contributed by atoms with van der Waals surface area (Å²) < 4.78 is 42.8. The second kappa shape index (κ2) is 10.9. The largest absolute Gasteiger partial charge is 0.467 e. The zero-order chi connectivity index (χ0) is 30.5. The number of benzene rings is 2. The fraction of sp³-hybridized carbons (Fsp3) is 0.300. The van der Waals surface area contributed by atoms with E-state index in [2.05, 4.69) is 19.9 Å². The van der Waals surface area contributed by atoms with Gasteiger partial charge in [-0.15, -0.1) is 0 Å². The number of anilines is 2. The van der Waals surface area contributed by atoms with E-state index < -0.39 is 17.2 Å². The molecule has 2 N–H and O–H groups in total. The third-order valence-corrected chi connectivity index (χ3v) is 7.95. The number of ether oxygens (including phenoxy) is 2. The lowest BCUT2D eigenvalue weighted by molar-refractivity contribution is 0.0240. The summed E-state index contributed by atoms with van der Waals surface area (Å²) in [4.78, 5) is 33.9. The molecule has 1 aliphatic heterocycles. The summed E-state index contributed by atoms with van der Waals surface area (Å²) >= 11 is 0.999. The molecule has 10 nitrogen and oxygen atoms in total. The molecule has 222 valence electrons.